The summed E-state index contributed by atoms with van der Waals surface area (Å²) >= 11 is 0. The van der Waals surface area contributed by atoms with E-state index in [-0.39, 0.29) is 48.8 Å². The lowest BCUT2D eigenvalue weighted by Crippen LogP contribution is -2.42. The molecule has 1 aliphatic rings. The standard InChI is InChI=1S/C36H48N4O6/c1-5-45-34(42)19-20-37-33(41)22-28(25(2)3)38-36(43)29-21-30(40(39-29)23-26-13-8-6-9-14-26)35-31(44-4)17-12-18-32(35)46-24-27-15-10-7-11-16-27/h7,10-12,15-18,21,25-26,28H,5-6,8-9,13-14,19-20,22-24H2,1-4H3,(H,37,41)(H,38,43). The first-order chi connectivity index (χ1) is 22.3. The van der Waals surface area contributed by atoms with E-state index in [1.807, 2.05) is 67.1 Å². The van der Waals surface area contributed by atoms with E-state index >= 15 is 0 Å². The van der Waals surface area contributed by atoms with Gasteiger partial charge in [0.2, 0.25) is 5.91 Å². The quantitative estimate of drug-likeness (QED) is 0.188. The average molecular weight is 633 g/mol. The smallest absolute Gasteiger partial charge is 0.307 e. The van der Waals surface area contributed by atoms with Crippen LogP contribution in [0.25, 0.3) is 11.3 Å². The van der Waals surface area contributed by atoms with Gasteiger partial charge in [-0.25, -0.2) is 0 Å². The fourth-order valence-electron chi connectivity index (χ4n) is 5.78. The predicted molar refractivity (Wildman–Crippen MR) is 177 cm³/mol. The van der Waals surface area contributed by atoms with E-state index in [1.54, 1.807) is 20.1 Å². The maximum Gasteiger partial charge on any atom is 0.307 e. The third kappa shape index (κ3) is 9.83. The molecule has 2 aromatic carbocycles. The molecule has 1 heterocycles. The molecule has 2 amide bonds. The van der Waals surface area contributed by atoms with Crippen LogP contribution in [-0.2, 0) is 27.5 Å². The monoisotopic (exact) mass is 632 g/mol. The number of benzene rings is 2. The van der Waals surface area contributed by atoms with Crippen LogP contribution in [0.5, 0.6) is 11.5 Å². The van der Waals surface area contributed by atoms with Gasteiger partial charge < -0.3 is 24.8 Å². The summed E-state index contributed by atoms with van der Waals surface area (Å²) in [5.41, 5.74) is 2.79. The summed E-state index contributed by atoms with van der Waals surface area (Å²) < 4.78 is 19.0. The number of nitrogens with one attached hydrogen (secondary N) is 2. The van der Waals surface area contributed by atoms with Crippen molar-refractivity contribution in [2.45, 2.75) is 84.9 Å². The van der Waals surface area contributed by atoms with Crippen molar-refractivity contribution in [2.75, 3.05) is 20.3 Å². The van der Waals surface area contributed by atoms with Crippen molar-refractivity contribution >= 4 is 17.8 Å². The summed E-state index contributed by atoms with van der Waals surface area (Å²) in [4.78, 5) is 38.0. The molecule has 0 aliphatic heterocycles. The van der Waals surface area contributed by atoms with Gasteiger partial charge >= 0.3 is 5.97 Å². The zero-order valence-corrected chi connectivity index (χ0v) is 27.6. The Hall–Kier alpha value is -4.34. The van der Waals surface area contributed by atoms with E-state index in [1.165, 1.54) is 19.3 Å². The van der Waals surface area contributed by atoms with Crippen molar-refractivity contribution in [1.29, 1.82) is 0 Å². The molecule has 0 bridgehead atoms. The normalized spacial score (nSPS) is 14.0. The molecule has 4 rings (SSSR count). The summed E-state index contributed by atoms with van der Waals surface area (Å²) in [5.74, 6) is 0.731. The number of hydrogen-bond donors (Lipinski definition) is 2. The molecule has 0 saturated heterocycles. The third-order valence-electron chi connectivity index (χ3n) is 8.35. The molecule has 1 unspecified atom stereocenters. The van der Waals surface area contributed by atoms with Gasteiger partial charge in [-0.3, -0.25) is 19.1 Å². The van der Waals surface area contributed by atoms with Gasteiger partial charge in [0, 0.05) is 25.6 Å². The van der Waals surface area contributed by atoms with Gasteiger partial charge in [0.1, 0.15) is 18.1 Å². The number of amides is 2. The predicted octanol–water partition coefficient (Wildman–Crippen LogP) is 5.93. The van der Waals surface area contributed by atoms with Crippen molar-refractivity contribution in [1.82, 2.24) is 20.4 Å². The minimum atomic E-state index is -0.432. The molecule has 3 aromatic rings. The molecular weight excluding hydrogens is 584 g/mol. The van der Waals surface area contributed by atoms with Crippen LogP contribution in [0.1, 0.15) is 81.8 Å². The number of methoxy groups -OCH3 is 1. The number of esters is 1. The van der Waals surface area contributed by atoms with Crippen molar-refractivity contribution in [3.63, 3.8) is 0 Å². The molecule has 1 saturated carbocycles. The molecule has 248 valence electrons. The van der Waals surface area contributed by atoms with Crippen molar-refractivity contribution in [2.24, 2.45) is 11.8 Å². The van der Waals surface area contributed by atoms with Gasteiger partial charge in [-0.1, -0.05) is 69.5 Å². The molecule has 1 fully saturated rings. The number of ether oxygens (including phenoxy) is 3. The van der Waals surface area contributed by atoms with E-state index in [9.17, 15) is 14.4 Å². The van der Waals surface area contributed by atoms with Crippen LogP contribution in [0.2, 0.25) is 0 Å². The third-order valence-corrected chi connectivity index (χ3v) is 8.35. The highest BCUT2D eigenvalue weighted by molar-refractivity contribution is 5.94. The van der Waals surface area contributed by atoms with Gasteiger partial charge in [-0.15, -0.1) is 0 Å². The minimum absolute atomic E-state index is 0.0178. The van der Waals surface area contributed by atoms with Crippen LogP contribution in [-0.4, -0.2) is 53.9 Å². The zero-order valence-electron chi connectivity index (χ0n) is 27.6. The first-order valence-electron chi connectivity index (χ1n) is 16.4. The van der Waals surface area contributed by atoms with Crippen LogP contribution in [0.3, 0.4) is 0 Å². The number of carbonyl (C=O) groups is 3. The Labute approximate surface area is 272 Å². The second kappa shape index (κ2) is 17.4. The molecule has 1 aromatic heterocycles. The largest absolute Gasteiger partial charge is 0.496 e. The lowest BCUT2D eigenvalue weighted by atomic mass is 9.89. The highest BCUT2D eigenvalue weighted by Gasteiger charge is 2.26. The summed E-state index contributed by atoms with van der Waals surface area (Å²) in [6, 6.07) is 17.0. The molecule has 10 heteroatoms. The molecule has 2 N–H and O–H groups in total. The molecule has 0 radical (unpaired) electrons. The number of hydrogen-bond acceptors (Lipinski definition) is 7. The van der Waals surface area contributed by atoms with Gasteiger partial charge in [0.15, 0.2) is 5.69 Å². The summed E-state index contributed by atoms with van der Waals surface area (Å²) in [7, 11) is 1.63. The summed E-state index contributed by atoms with van der Waals surface area (Å²) in [6.45, 7) is 7.18. The van der Waals surface area contributed by atoms with Crippen LogP contribution < -0.4 is 20.1 Å². The van der Waals surface area contributed by atoms with E-state index in [0.717, 1.165) is 29.7 Å². The Kier molecular flexibility index (Phi) is 13.0. The number of aromatic nitrogens is 2. The fraction of sp³-hybridized carbons (Fsp3) is 0.500. The van der Waals surface area contributed by atoms with Crippen LogP contribution in [0, 0.1) is 11.8 Å². The Morgan fingerprint density at radius 2 is 1.74 bits per heavy atom. The molecule has 46 heavy (non-hydrogen) atoms. The lowest BCUT2D eigenvalue weighted by Gasteiger charge is -2.23. The molecule has 0 spiro atoms. The van der Waals surface area contributed by atoms with E-state index in [2.05, 4.69) is 10.6 Å². The topological polar surface area (TPSA) is 121 Å². The van der Waals surface area contributed by atoms with Gasteiger partial charge in [0.05, 0.1) is 31.4 Å². The first-order valence-corrected chi connectivity index (χ1v) is 16.4. The maximum atomic E-state index is 13.7. The molecular formula is C36H48N4O6. The molecule has 1 aliphatic carbocycles. The lowest BCUT2D eigenvalue weighted by molar-refractivity contribution is -0.143. The van der Waals surface area contributed by atoms with E-state index in [4.69, 9.17) is 19.3 Å². The van der Waals surface area contributed by atoms with Crippen LogP contribution in [0.4, 0.5) is 0 Å². The highest BCUT2D eigenvalue weighted by atomic mass is 16.5. The summed E-state index contributed by atoms with van der Waals surface area (Å²) in [6.07, 6.45) is 6.02. The van der Waals surface area contributed by atoms with Gasteiger partial charge in [0.25, 0.3) is 5.91 Å². The van der Waals surface area contributed by atoms with Crippen molar-refractivity contribution < 1.29 is 28.6 Å². The van der Waals surface area contributed by atoms with Gasteiger partial charge in [-0.2, -0.15) is 5.10 Å². The first kappa shape index (κ1) is 34.5. The second-order valence-corrected chi connectivity index (χ2v) is 12.1. The highest BCUT2D eigenvalue weighted by Crippen LogP contribution is 2.40. The molecule has 10 nitrogen and oxygen atoms in total. The minimum Gasteiger partial charge on any atom is -0.496 e. The Bertz CT molecular complexity index is 1430. The van der Waals surface area contributed by atoms with Crippen LogP contribution in [0.15, 0.2) is 54.6 Å². The zero-order chi connectivity index (χ0) is 32.9. The Balaban J connectivity index is 1.58. The SMILES string of the molecule is CCOC(=O)CCNC(=O)CC(NC(=O)c1cc(-c2c(OC)cccc2OCc2ccccc2)n(CC2CCCCC2)n1)C(C)C. The fourth-order valence-corrected chi connectivity index (χ4v) is 5.78. The summed E-state index contributed by atoms with van der Waals surface area (Å²) in [5, 5.41) is 10.6. The van der Waals surface area contributed by atoms with Crippen LogP contribution >= 0.6 is 0 Å². The average Bonchev–Trinajstić information content (AvgIpc) is 3.47. The Morgan fingerprint density at radius 1 is 1.00 bits per heavy atom. The maximum absolute atomic E-state index is 13.7. The number of nitrogens with zero attached hydrogens (tertiary/aromatic N) is 2. The van der Waals surface area contributed by atoms with Crippen molar-refractivity contribution in [3.8, 4) is 22.8 Å². The van der Waals surface area contributed by atoms with Crippen molar-refractivity contribution in [3.05, 3.63) is 65.9 Å². The number of rotatable bonds is 16. The molecule has 1 atom stereocenters. The number of carbonyl (C=O) groups excluding carboxylic acids is 3. The second-order valence-electron chi connectivity index (χ2n) is 12.1. The van der Waals surface area contributed by atoms with E-state index < -0.39 is 6.04 Å². The van der Waals surface area contributed by atoms with Gasteiger partial charge in [-0.05, 0) is 55.4 Å². The van der Waals surface area contributed by atoms with E-state index in [0.29, 0.717) is 37.2 Å². The Morgan fingerprint density at radius 3 is 2.43 bits per heavy atom.